The summed E-state index contributed by atoms with van der Waals surface area (Å²) in [6.07, 6.45) is 3.75. The van der Waals surface area contributed by atoms with Gasteiger partial charge < -0.3 is 5.32 Å². The lowest BCUT2D eigenvalue weighted by Crippen LogP contribution is -2.14. The third kappa shape index (κ3) is 4.99. The zero-order valence-electron chi connectivity index (χ0n) is 12.5. The molecule has 0 atom stereocenters. The zero-order valence-corrected chi connectivity index (χ0v) is 14.8. The van der Waals surface area contributed by atoms with Gasteiger partial charge in [0.05, 0.1) is 26.8 Å². The molecule has 124 valence electrons. The Hall–Kier alpha value is -1.50. The van der Waals surface area contributed by atoms with Gasteiger partial charge in [0.2, 0.25) is 0 Å². The molecule has 1 aromatic carbocycles. The summed E-state index contributed by atoms with van der Waals surface area (Å²) in [6.45, 7) is 2.97. The summed E-state index contributed by atoms with van der Waals surface area (Å²) in [5.41, 5.74) is 0.843. The molecule has 2 N–H and O–H groups in total. The fourth-order valence-corrected chi connectivity index (χ4v) is 3.21. The molecule has 0 fully saturated rings. The number of unbranched alkanes of at least 4 members (excludes halogenated alkanes) is 1. The number of nitrogens with one attached hydrogen (secondary N) is 2. The molecule has 0 saturated heterocycles. The molecule has 23 heavy (non-hydrogen) atoms. The van der Waals surface area contributed by atoms with Crippen LogP contribution in [0, 0.1) is 0 Å². The quantitative estimate of drug-likeness (QED) is 0.705. The predicted octanol–water partition coefficient (Wildman–Crippen LogP) is 4.40. The molecule has 8 heteroatoms. The van der Waals surface area contributed by atoms with Gasteiger partial charge in [0.1, 0.15) is 5.82 Å². The van der Waals surface area contributed by atoms with Crippen LogP contribution in [0.2, 0.25) is 10.0 Å². The number of anilines is 2. The van der Waals surface area contributed by atoms with Crippen molar-refractivity contribution in [3.63, 3.8) is 0 Å². The minimum atomic E-state index is -3.76. The molecule has 0 aliphatic heterocycles. The molecule has 0 aliphatic rings. The molecule has 2 rings (SSSR count). The first kappa shape index (κ1) is 17.8. The Morgan fingerprint density at radius 2 is 1.91 bits per heavy atom. The SMILES string of the molecule is CCCCNc1ccc(NS(=O)(=O)c2ccc(Cl)c(Cl)c2)nc1. The van der Waals surface area contributed by atoms with Crippen molar-refractivity contribution >= 4 is 44.7 Å². The van der Waals surface area contributed by atoms with Gasteiger partial charge in [-0.15, -0.1) is 0 Å². The van der Waals surface area contributed by atoms with E-state index in [0.717, 1.165) is 25.1 Å². The summed E-state index contributed by atoms with van der Waals surface area (Å²) < 4.78 is 27.0. The van der Waals surface area contributed by atoms with Gasteiger partial charge >= 0.3 is 0 Å². The number of benzene rings is 1. The fraction of sp³-hybridized carbons (Fsp3) is 0.267. The van der Waals surface area contributed by atoms with Crippen molar-refractivity contribution in [1.29, 1.82) is 0 Å². The third-order valence-corrected chi connectivity index (χ3v) is 5.15. The van der Waals surface area contributed by atoms with Gasteiger partial charge in [-0.2, -0.15) is 0 Å². The van der Waals surface area contributed by atoms with Gasteiger partial charge in [-0.25, -0.2) is 13.4 Å². The fourth-order valence-electron chi connectivity index (χ4n) is 1.81. The lowest BCUT2D eigenvalue weighted by atomic mass is 10.3. The average molecular weight is 374 g/mol. The van der Waals surface area contributed by atoms with Crippen molar-refractivity contribution in [3.05, 3.63) is 46.6 Å². The number of nitrogens with zero attached hydrogens (tertiary/aromatic N) is 1. The maximum absolute atomic E-state index is 12.3. The van der Waals surface area contributed by atoms with Crippen molar-refractivity contribution in [1.82, 2.24) is 4.98 Å². The van der Waals surface area contributed by atoms with Crippen LogP contribution in [0.15, 0.2) is 41.4 Å². The van der Waals surface area contributed by atoms with E-state index in [4.69, 9.17) is 23.2 Å². The second kappa shape index (κ2) is 7.86. The summed E-state index contributed by atoms with van der Waals surface area (Å²) in [7, 11) is -3.76. The number of sulfonamides is 1. The number of hydrogen-bond donors (Lipinski definition) is 2. The topological polar surface area (TPSA) is 71.1 Å². The van der Waals surface area contributed by atoms with Gasteiger partial charge in [0.25, 0.3) is 10.0 Å². The Kier molecular flexibility index (Phi) is 6.10. The van der Waals surface area contributed by atoms with Crippen LogP contribution in [0.1, 0.15) is 19.8 Å². The molecule has 0 aliphatic carbocycles. The predicted molar refractivity (Wildman–Crippen MR) is 94.9 cm³/mol. The zero-order chi connectivity index (χ0) is 16.9. The lowest BCUT2D eigenvalue weighted by Gasteiger charge is -2.09. The van der Waals surface area contributed by atoms with Gasteiger partial charge in [0, 0.05) is 6.54 Å². The highest BCUT2D eigenvalue weighted by atomic mass is 35.5. The summed E-state index contributed by atoms with van der Waals surface area (Å²) in [4.78, 5) is 4.12. The van der Waals surface area contributed by atoms with E-state index in [1.807, 2.05) is 0 Å². The van der Waals surface area contributed by atoms with E-state index in [1.165, 1.54) is 18.2 Å². The van der Waals surface area contributed by atoms with E-state index >= 15 is 0 Å². The Morgan fingerprint density at radius 1 is 1.13 bits per heavy atom. The maximum atomic E-state index is 12.3. The monoisotopic (exact) mass is 373 g/mol. The number of aromatic nitrogens is 1. The standard InChI is InChI=1S/C15H17Cl2N3O2S/c1-2-3-8-18-11-4-7-15(19-10-11)20-23(21,22)12-5-6-13(16)14(17)9-12/h4-7,9-10,18H,2-3,8H2,1H3,(H,19,20). The Morgan fingerprint density at radius 3 is 2.52 bits per heavy atom. The van der Waals surface area contributed by atoms with Crippen molar-refractivity contribution in [2.24, 2.45) is 0 Å². The molecule has 0 bridgehead atoms. The molecule has 0 unspecified atom stereocenters. The van der Waals surface area contributed by atoms with Crippen molar-refractivity contribution in [3.8, 4) is 0 Å². The highest BCUT2D eigenvalue weighted by Gasteiger charge is 2.16. The number of pyridine rings is 1. The van der Waals surface area contributed by atoms with Crippen molar-refractivity contribution in [2.75, 3.05) is 16.6 Å². The lowest BCUT2D eigenvalue weighted by molar-refractivity contribution is 0.601. The second-order valence-electron chi connectivity index (χ2n) is 4.89. The summed E-state index contributed by atoms with van der Waals surface area (Å²) in [5.74, 6) is 0.233. The minimum Gasteiger partial charge on any atom is -0.384 e. The molecule has 0 radical (unpaired) electrons. The van der Waals surface area contributed by atoms with Crippen molar-refractivity contribution in [2.45, 2.75) is 24.7 Å². The Balaban J connectivity index is 2.09. The van der Waals surface area contributed by atoms with Gasteiger partial charge in [-0.05, 0) is 36.8 Å². The van der Waals surface area contributed by atoms with E-state index in [-0.39, 0.29) is 15.7 Å². The highest BCUT2D eigenvalue weighted by Crippen LogP contribution is 2.25. The van der Waals surface area contributed by atoms with Crippen LogP contribution >= 0.6 is 23.2 Å². The van der Waals surface area contributed by atoms with Crippen LogP contribution in [0.3, 0.4) is 0 Å². The molecule has 2 aromatic rings. The van der Waals surface area contributed by atoms with Crippen LogP contribution in [0.4, 0.5) is 11.5 Å². The first-order valence-electron chi connectivity index (χ1n) is 7.10. The first-order valence-corrected chi connectivity index (χ1v) is 9.34. The van der Waals surface area contributed by atoms with E-state index in [9.17, 15) is 8.42 Å². The number of hydrogen-bond acceptors (Lipinski definition) is 4. The normalized spacial score (nSPS) is 11.3. The van der Waals surface area contributed by atoms with E-state index in [2.05, 4.69) is 21.9 Å². The van der Waals surface area contributed by atoms with Crippen LogP contribution in [0.5, 0.6) is 0 Å². The summed E-state index contributed by atoms with van der Waals surface area (Å²) >= 11 is 11.6. The first-order chi connectivity index (χ1) is 10.9. The van der Waals surface area contributed by atoms with Gasteiger partial charge in [0.15, 0.2) is 0 Å². The third-order valence-electron chi connectivity index (χ3n) is 3.06. The molecule has 0 spiro atoms. The van der Waals surface area contributed by atoms with Crippen molar-refractivity contribution < 1.29 is 8.42 Å². The Labute approximate surface area is 146 Å². The molecule has 0 saturated carbocycles. The van der Waals surface area contributed by atoms with Crippen LogP contribution < -0.4 is 10.0 Å². The second-order valence-corrected chi connectivity index (χ2v) is 7.39. The maximum Gasteiger partial charge on any atom is 0.263 e. The largest absolute Gasteiger partial charge is 0.384 e. The van der Waals surface area contributed by atoms with E-state index < -0.39 is 10.0 Å². The average Bonchev–Trinajstić information content (AvgIpc) is 2.51. The van der Waals surface area contributed by atoms with Crippen LogP contribution in [-0.2, 0) is 10.0 Å². The number of rotatable bonds is 7. The highest BCUT2D eigenvalue weighted by molar-refractivity contribution is 7.92. The smallest absolute Gasteiger partial charge is 0.263 e. The number of halogens is 2. The molecule has 5 nitrogen and oxygen atoms in total. The summed E-state index contributed by atoms with van der Waals surface area (Å²) in [6, 6.07) is 7.50. The minimum absolute atomic E-state index is 0.0267. The molecule has 0 amide bonds. The van der Waals surface area contributed by atoms with Crippen LogP contribution in [0.25, 0.3) is 0 Å². The summed E-state index contributed by atoms with van der Waals surface area (Å²) in [5, 5.41) is 3.69. The van der Waals surface area contributed by atoms with E-state index in [0.29, 0.717) is 5.02 Å². The molecule has 1 aromatic heterocycles. The van der Waals surface area contributed by atoms with Crippen LogP contribution in [-0.4, -0.2) is 19.9 Å². The van der Waals surface area contributed by atoms with Gasteiger partial charge in [-0.3, -0.25) is 4.72 Å². The van der Waals surface area contributed by atoms with E-state index in [1.54, 1.807) is 18.3 Å². The molecular formula is C15H17Cl2N3O2S. The Bertz CT molecular complexity index is 765. The molecular weight excluding hydrogens is 357 g/mol. The van der Waals surface area contributed by atoms with Gasteiger partial charge in [-0.1, -0.05) is 36.5 Å². The molecule has 1 heterocycles.